The minimum absolute atomic E-state index is 0.166. The Kier molecular flexibility index (Phi) is 3.07. The maximum Gasteiger partial charge on any atom is 0.257 e. The van der Waals surface area contributed by atoms with E-state index in [4.69, 9.17) is 0 Å². The molecular formula is C13H10N4OS. The van der Waals surface area contributed by atoms with Crippen LogP contribution in [0.4, 0.5) is 5.13 Å². The molecule has 3 aromatic rings. The number of anilines is 1. The fourth-order valence-corrected chi connectivity index (χ4v) is 2.18. The van der Waals surface area contributed by atoms with Crippen molar-refractivity contribution in [3.63, 3.8) is 0 Å². The van der Waals surface area contributed by atoms with E-state index in [9.17, 15) is 4.79 Å². The van der Waals surface area contributed by atoms with Crippen LogP contribution < -0.4 is 5.32 Å². The van der Waals surface area contributed by atoms with Gasteiger partial charge in [0.25, 0.3) is 5.91 Å². The van der Waals surface area contributed by atoms with Crippen LogP contribution in [0.25, 0.3) is 11.4 Å². The summed E-state index contributed by atoms with van der Waals surface area (Å²) < 4.78 is 0. The molecule has 0 bridgehead atoms. The van der Waals surface area contributed by atoms with Gasteiger partial charge in [0.2, 0.25) is 0 Å². The molecule has 1 aromatic carbocycles. The van der Waals surface area contributed by atoms with Crippen molar-refractivity contribution in [2.24, 2.45) is 0 Å². The third-order valence-corrected chi connectivity index (χ3v) is 3.26. The van der Waals surface area contributed by atoms with Gasteiger partial charge in [0.15, 0.2) is 5.13 Å². The number of nitrogens with zero attached hydrogens (tertiary/aromatic N) is 2. The zero-order valence-corrected chi connectivity index (χ0v) is 10.6. The number of nitrogens with one attached hydrogen (secondary N) is 2. The van der Waals surface area contributed by atoms with E-state index < -0.39 is 0 Å². The molecule has 2 N–H and O–H groups in total. The molecule has 2 aromatic heterocycles. The fraction of sp³-hybridized carbons (Fsp3) is 0. The number of hydrogen-bond donors (Lipinski definition) is 2. The molecule has 0 aliphatic heterocycles. The fourth-order valence-electron chi connectivity index (χ4n) is 1.66. The first-order valence-corrected chi connectivity index (χ1v) is 6.51. The number of carbonyl (C=O) groups is 1. The summed E-state index contributed by atoms with van der Waals surface area (Å²) >= 11 is 1.39. The zero-order valence-electron chi connectivity index (χ0n) is 9.83. The molecule has 0 aliphatic carbocycles. The highest BCUT2D eigenvalue weighted by molar-refractivity contribution is 7.13. The predicted molar refractivity (Wildman–Crippen MR) is 74.1 cm³/mol. The number of amides is 1. The van der Waals surface area contributed by atoms with Crippen molar-refractivity contribution in [2.75, 3.05) is 5.32 Å². The first-order valence-electron chi connectivity index (χ1n) is 5.63. The molecule has 3 rings (SSSR count). The Morgan fingerprint density at radius 3 is 2.63 bits per heavy atom. The quantitative estimate of drug-likeness (QED) is 0.768. The van der Waals surface area contributed by atoms with Crippen LogP contribution in [0.5, 0.6) is 0 Å². The van der Waals surface area contributed by atoms with Gasteiger partial charge in [0.1, 0.15) is 5.82 Å². The normalized spacial score (nSPS) is 10.3. The molecular weight excluding hydrogens is 260 g/mol. The van der Waals surface area contributed by atoms with Crippen molar-refractivity contribution in [1.29, 1.82) is 0 Å². The van der Waals surface area contributed by atoms with E-state index in [-0.39, 0.29) is 5.91 Å². The van der Waals surface area contributed by atoms with Crippen LogP contribution in [-0.2, 0) is 0 Å². The lowest BCUT2D eigenvalue weighted by Crippen LogP contribution is -2.11. The van der Waals surface area contributed by atoms with Crippen LogP contribution in [-0.4, -0.2) is 20.9 Å². The zero-order chi connectivity index (χ0) is 13.1. The molecule has 19 heavy (non-hydrogen) atoms. The summed E-state index contributed by atoms with van der Waals surface area (Å²) in [5.41, 5.74) is 1.53. The third-order valence-electron chi connectivity index (χ3n) is 2.57. The van der Waals surface area contributed by atoms with Crippen molar-refractivity contribution in [3.8, 4) is 11.4 Å². The van der Waals surface area contributed by atoms with Gasteiger partial charge in [0, 0.05) is 35.1 Å². The lowest BCUT2D eigenvalue weighted by molar-refractivity contribution is 0.102. The van der Waals surface area contributed by atoms with Crippen molar-refractivity contribution in [2.45, 2.75) is 0 Å². The second-order valence-electron chi connectivity index (χ2n) is 3.81. The van der Waals surface area contributed by atoms with Gasteiger partial charge in [-0.15, -0.1) is 11.3 Å². The smallest absolute Gasteiger partial charge is 0.257 e. The molecule has 0 saturated carbocycles. The summed E-state index contributed by atoms with van der Waals surface area (Å²) in [6.07, 6.45) is 5.11. The topological polar surface area (TPSA) is 70.7 Å². The molecule has 1 amide bonds. The van der Waals surface area contributed by atoms with Crippen LogP contribution in [0.3, 0.4) is 0 Å². The summed E-state index contributed by atoms with van der Waals surface area (Å²) in [6.45, 7) is 0. The lowest BCUT2D eigenvalue weighted by atomic mass is 10.1. The number of aromatic amines is 1. The van der Waals surface area contributed by atoms with Gasteiger partial charge in [-0.05, 0) is 12.1 Å². The van der Waals surface area contributed by atoms with Gasteiger partial charge >= 0.3 is 0 Å². The molecule has 6 heteroatoms. The van der Waals surface area contributed by atoms with E-state index in [2.05, 4.69) is 20.3 Å². The Hall–Kier alpha value is -2.47. The largest absolute Gasteiger partial charge is 0.345 e. The van der Waals surface area contributed by atoms with E-state index in [1.165, 1.54) is 11.3 Å². The van der Waals surface area contributed by atoms with Crippen LogP contribution in [0.1, 0.15) is 10.4 Å². The van der Waals surface area contributed by atoms with Crippen molar-refractivity contribution < 1.29 is 4.79 Å². The van der Waals surface area contributed by atoms with E-state index in [0.717, 1.165) is 11.4 Å². The molecule has 0 aliphatic rings. The van der Waals surface area contributed by atoms with Gasteiger partial charge in [-0.3, -0.25) is 10.1 Å². The Balaban J connectivity index is 1.77. The number of hydrogen-bond acceptors (Lipinski definition) is 4. The van der Waals surface area contributed by atoms with Gasteiger partial charge < -0.3 is 4.98 Å². The first-order chi connectivity index (χ1) is 9.33. The first kappa shape index (κ1) is 11.6. The van der Waals surface area contributed by atoms with Gasteiger partial charge in [-0.1, -0.05) is 12.1 Å². The molecule has 5 nitrogen and oxygen atoms in total. The summed E-state index contributed by atoms with van der Waals surface area (Å²) in [7, 11) is 0. The van der Waals surface area contributed by atoms with E-state index in [1.54, 1.807) is 30.7 Å². The molecule has 94 valence electrons. The average Bonchev–Trinajstić information content (AvgIpc) is 3.12. The van der Waals surface area contributed by atoms with Gasteiger partial charge in [-0.25, -0.2) is 9.97 Å². The van der Waals surface area contributed by atoms with Crippen molar-refractivity contribution in [3.05, 3.63) is 53.8 Å². The highest BCUT2D eigenvalue weighted by Gasteiger charge is 2.08. The van der Waals surface area contributed by atoms with Crippen LogP contribution in [0.2, 0.25) is 0 Å². The Labute approximate surface area is 113 Å². The molecule has 0 unspecified atom stereocenters. The minimum Gasteiger partial charge on any atom is -0.345 e. The predicted octanol–water partition coefficient (Wildman–Crippen LogP) is 2.79. The molecule has 0 radical (unpaired) electrons. The number of aromatic nitrogens is 3. The molecule has 0 atom stereocenters. The SMILES string of the molecule is O=C(Nc1nccs1)c1ccc(-c2ncc[nH]2)cc1. The third kappa shape index (κ3) is 2.53. The van der Waals surface area contributed by atoms with E-state index >= 15 is 0 Å². The molecule has 0 fully saturated rings. The number of thiazole rings is 1. The highest BCUT2D eigenvalue weighted by Crippen LogP contribution is 2.16. The summed E-state index contributed by atoms with van der Waals surface area (Å²) in [5, 5.41) is 5.15. The lowest BCUT2D eigenvalue weighted by Gasteiger charge is -2.02. The van der Waals surface area contributed by atoms with Crippen LogP contribution >= 0.6 is 11.3 Å². The Morgan fingerprint density at radius 1 is 1.16 bits per heavy atom. The number of benzene rings is 1. The Morgan fingerprint density at radius 2 is 2.00 bits per heavy atom. The molecule has 2 heterocycles. The maximum absolute atomic E-state index is 11.9. The van der Waals surface area contributed by atoms with Crippen molar-refractivity contribution >= 4 is 22.4 Å². The standard InChI is InChI=1S/C13H10N4OS/c18-12(17-13-16-7-8-19-13)10-3-1-9(2-4-10)11-14-5-6-15-11/h1-8H,(H,14,15)(H,16,17,18). The highest BCUT2D eigenvalue weighted by atomic mass is 32.1. The average molecular weight is 270 g/mol. The second kappa shape index (κ2) is 5.03. The maximum atomic E-state index is 11.9. The van der Waals surface area contributed by atoms with Gasteiger partial charge in [-0.2, -0.15) is 0 Å². The molecule has 0 spiro atoms. The minimum atomic E-state index is -0.166. The monoisotopic (exact) mass is 270 g/mol. The van der Waals surface area contributed by atoms with E-state index in [0.29, 0.717) is 10.7 Å². The molecule has 0 saturated heterocycles. The summed E-state index contributed by atoms with van der Waals surface area (Å²) in [6, 6.07) is 7.24. The van der Waals surface area contributed by atoms with E-state index in [1.807, 2.05) is 17.5 Å². The number of imidazole rings is 1. The van der Waals surface area contributed by atoms with Gasteiger partial charge in [0.05, 0.1) is 0 Å². The summed E-state index contributed by atoms with van der Waals surface area (Å²) in [5.74, 6) is 0.618. The summed E-state index contributed by atoms with van der Waals surface area (Å²) in [4.78, 5) is 23.1. The number of carbonyl (C=O) groups excluding carboxylic acids is 1. The number of rotatable bonds is 3. The number of H-pyrrole nitrogens is 1. The second-order valence-corrected chi connectivity index (χ2v) is 4.70. The Bertz CT molecular complexity index is 659. The van der Waals surface area contributed by atoms with Crippen LogP contribution in [0.15, 0.2) is 48.2 Å². The van der Waals surface area contributed by atoms with Crippen molar-refractivity contribution in [1.82, 2.24) is 15.0 Å². The van der Waals surface area contributed by atoms with Crippen LogP contribution in [0, 0.1) is 0 Å².